The Morgan fingerprint density at radius 3 is 2.18 bits per heavy atom. The molecule has 0 aromatic rings. The SMILES string of the molecule is CN1CCC([N+](C)(C)C)C1=O. The van der Waals surface area contributed by atoms with E-state index in [4.69, 9.17) is 0 Å². The van der Waals surface area contributed by atoms with Crippen LogP contribution in [0.2, 0.25) is 0 Å². The first-order valence-corrected chi connectivity index (χ1v) is 3.99. The van der Waals surface area contributed by atoms with Crippen molar-refractivity contribution in [1.82, 2.24) is 4.90 Å². The molecule has 0 radical (unpaired) electrons. The molecule has 1 fully saturated rings. The molecule has 3 heteroatoms. The lowest BCUT2D eigenvalue weighted by Gasteiger charge is -2.29. The van der Waals surface area contributed by atoms with E-state index in [1.54, 1.807) is 0 Å². The lowest BCUT2D eigenvalue weighted by atomic mass is 10.2. The van der Waals surface area contributed by atoms with Gasteiger partial charge in [-0.1, -0.05) is 0 Å². The molecule has 64 valence electrons. The fourth-order valence-electron chi connectivity index (χ4n) is 1.52. The van der Waals surface area contributed by atoms with Gasteiger partial charge in [-0.2, -0.15) is 0 Å². The standard InChI is InChI=1S/C8H17N2O/c1-9-6-5-7(8(9)11)10(2,3)4/h7H,5-6H2,1-4H3/q+1. The lowest BCUT2D eigenvalue weighted by molar-refractivity contribution is -0.885. The number of hydrogen-bond donors (Lipinski definition) is 0. The van der Waals surface area contributed by atoms with Gasteiger partial charge in [0.05, 0.1) is 21.1 Å². The molecular formula is C8H17N2O+. The second-order valence-electron chi connectivity index (χ2n) is 4.18. The van der Waals surface area contributed by atoms with Crippen LogP contribution in [0.5, 0.6) is 0 Å². The Hall–Kier alpha value is -0.570. The molecule has 11 heavy (non-hydrogen) atoms. The van der Waals surface area contributed by atoms with Crippen molar-refractivity contribution in [3.8, 4) is 0 Å². The molecule has 1 aliphatic rings. The van der Waals surface area contributed by atoms with Gasteiger partial charge in [-0.3, -0.25) is 4.79 Å². The quantitative estimate of drug-likeness (QED) is 0.488. The second-order valence-corrected chi connectivity index (χ2v) is 4.18. The largest absolute Gasteiger partial charge is 0.340 e. The van der Waals surface area contributed by atoms with Crippen LogP contribution in [0, 0.1) is 0 Å². The summed E-state index contributed by atoms with van der Waals surface area (Å²) in [6.07, 6.45) is 0.999. The molecule has 0 aromatic heterocycles. The Labute approximate surface area is 68.2 Å². The smallest absolute Gasteiger partial charge is 0.280 e. The lowest BCUT2D eigenvalue weighted by Crippen LogP contribution is -2.49. The summed E-state index contributed by atoms with van der Waals surface area (Å²) in [5, 5.41) is 0. The Bertz CT molecular complexity index is 171. The molecule has 0 bridgehead atoms. The summed E-state index contributed by atoms with van der Waals surface area (Å²) >= 11 is 0. The minimum Gasteiger partial charge on any atom is -0.340 e. The van der Waals surface area contributed by atoms with Crippen molar-refractivity contribution < 1.29 is 9.28 Å². The van der Waals surface area contributed by atoms with Crippen LogP contribution in [0.25, 0.3) is 0 Å². The second kappa shape index (κ2) is 2.48. The van der Waals surface area contributed by atoms with E-state index < -0.39 is 0 Å². The zero-order chi connectivity index (χ0) is 8.65. The number of hydrogen-bond acceptors (Lipinski definition) is 1. The van der Waals surface area contributed by atoms with E-state index in [9.17, 15) is 4.79 Å². The van der Waals surface area contributed by atoms with Crippen LogP contribution < -0.4 is 0 Å². The van der Waals surface area contributed by atoms with E-state index in [-0.39, 0.29) is 11.9 Å². The van der Waals surface area contributed by atoms with Crippen LogP contribution in [-0.4, -0.2) is 56.1 Å². The number of quaternary nitrogens is 1. The fraction of sp³-hybridized carbons (Fsp3) is 0.875. The summed E-state index contributed by atoms with van der Waals surface area (Å²) in [6, 6.07) is 0.181. The third-order valence-corrected chi connectivity index (χ3v) is 2.33. The summed E-state index contributed by atoms with van der Waals surface area (Å²) in [5.74, 6) is 0.289. The summed E-state index contributed by atoms with van der Waals surface area (Å²) in [7, 11) is 8.09. The molecule has 0 aromatic carbocycles. The number of rotatable bonds is 1. The van der Waals surface area contributed by atoms with E-state index in [1.807, 2.05) is 11.9 Å². The molecule has 3 nitrogen and oxygen atoms in total. The zero-order valence-corrected chi connectivity index (χ0v) is 7.79. The Balaban J connectivity index is 2.70. The van der Waals surface area contributed by atoms with Crippen LogP contribution in [0.15, 0.2) is 0 Å². The minimum atomic E-state index is 0.181. The highest BCUT2D eigenvalue weighted by Crippen LogP contribution is 2.17. The number of nitrogens with zero attached hydrogens (tertiary/aromatic N) is 2. The molecule has 0 spiro atoms. The van der Waals surface area contributed by atoms with Crippen LogP contribution in [-0.2, 0) is 4.79 Å². The Morgan fingerprint density at radius 1 is 1.45 bits per heavy atom. The molecule has 1 rings (SSSR count). The van der Waals surface area contributed by atoms with Crippen molar-refractivity contribution in [1.29, 1.82) is 0 Å². The van der Waals surface area contributed by atoms with Gasteiger partial charge in [0.25, 0.3) is 5.91 Å². The fourth-order valence-corrected chi connectivity index (χ4v) is 1.52. The van der Waals surface area contributed by atoms with Gasteiger partial charge in [0.1, 0.15) is 0 Å². The Morgan fingerprint density at radius 2 is 2.00 bits per heavy atom. The third kappa shape index (κ3) is 1.53. The maximum Gasteiger partial charge on any atom is 0.280 e. The number of carbonyl (C=O) groups is 1. The van der Waals surface area contributed by atoms with Crippen molar-refractivity contribution in [2.45, 2.75) is 12.5 Å². The van der Waals surface area contributed by atoms with Gasteiger partial charge < -0.3 is 9.38 Å². The van der Waals surface area contributed by atoms with Crippen LogP contribution in [0.4, 0.5) is 0 Å². The molecule has 0 aliphatic carbocycles. The van der Waals surface area contributed by atoms with Crippen molar-refractivity contribution in [3.05, 3.63) is 0 Å². The van der Waals surface area contributed by atoms with Gasteiger partial charge >= 0.3 is 0 Å². The van der Waals surface area contributed by atoms with Gasteiger partial charge in [0, 0.05) is 20.0 Å². The predicted molar refractivity (Wildman–Crippen MR) is 44.1 cm³/mol. The summed E-state index contributed by atoms with van der Waals surface area (Å²) in [5.41, 5.74) is 0. The highest BCUT2D eigenvalue weighted by Gasteiger charge is 2.38. The molecule has 1 saturated heterocycles. The van der Waals surface area contributed by atoms with Crippen LogP contribution >= 0.6 is 0 Å². The van der Waals surface area contributed by atoms with E-state index in [0.29, 0.717) is 0 Å². The highest BCUT2D eigenvalue weighted by molar-refractivity contribution is 5.82. The van der Waals surface area contributed by atoms with E-state index in [1.165, 1.54) is 0 Å². The molecule has 0 N–H and O–H groups in total. The van der Waals surface area contributed by atoms with Crippen LogP contribution in [0.1, 0.15) is 6.42 Å². The van der Waals surface area contributed by atoms with Gasteiger partial charge in [-0.25, -0.2) is 0 Å². The first-order chi connectivity index (χ1) is 4.93. The first kappa shape index (κ1) is 8.53. The van der Waals surface area contributed by atoms with E-state index in [2.05, 4.69) is 21.1 Å². The van der Waals surface area contributed by atoms with Crippen molar-refractivity contribution in [3.63, 3.8) is 0 Å². The number of likely N-dealkylation sites (N-methyl/N-ethyl adjacent to an activating group) is 2. The maximum absolute atomic E-state index is 11.5. The monoisotopic (exact) mass is 157 g/mol. The van der Waals surface area contributed by atoms with Crippen molar-refractivity contribution >= 4 is 5.91 Å². The number of amides is 1. The number of carbonyl (C=O) groups excluding carboxylic acids is 1. The van der Waals surface area contributed by atoms with E-state index >= 15 is 0 Å². The molecule has 1 atom stereocenters. The minimum absolute atomic E-state index is 0.181. The molecule has 1 unspecified atom stereocenters. The summed E-state index contributed by atoms with van der Waals surface area (Å²) in [4.78, 5) is 13.3. The zero-order valence-electron chi connectivity index (χ0n) is 7.79. The Kier molecular flexibility index (Phi) is 1.92. The predicted octanol–water partition coefficient (Wildman–Crippen LogP) is -0.0767. The van der Waals surface area contributed by atoms with Gasteiger partial charge in [-0.15, -0.1) is 0 Å². The molecule has 1 amide bonds. The van der Waals surface area contributed by atoms with Gasteiger partial charge in [0.15, 0.2) is 6.04 Å². The normalized spacial score (nSPS) is 26.4. The summed E-state index contributed by atoms with van der Waals surface area (Å²) in [6.45, 7) is 0.916. The van der Waals surface area contributed by atoms with Gasteiger partial charge in [-0.05, 0) is 0 Å². The van der Waals surface area contributed by atoms with Crippen molar-refractivity contribution in [2.24, 2.45) is 0 Å². The topological polar surface area (TPSA) is 20.3 Å². The molecule has 1 heterocycles. The summed E-state index contributed by atoms with van der Waals surface area (Å²) < 4.78 is 0.753. The maximum atomic E-state index is 11.5. The van der Waals surface area contributed by atoms with Gasteiger partial charge in [0.2, 0.25) is 0 Å². The van der Waals surface area contributed by atoms with E-state index in [0.717, 1.165) is 17.4 Å². The van der Waals surface area contributed by atoms with Crippen LogP contribution in [0.3, 0.4) is 0 Å². The average Bonchev–Trinajstić information content (AvgIpc) is 2.11. The van der Waals surface area contributed by atoms with Crippen molar-refractivity contribution in [2.75, 3.05) is 34.7 Å². The number of likely N-dealkylation sites (tertiary alicyclic amines) is 1. The molecular weight excluding hydrogens is 140 g/mol. The molecule has 0 saturated carbocycles. The highest BCUT2D eigenvalue weighted by atomic mass is 16.2. The molecule has 1 aliphatic heterocycles. The average molecular weight is 157 g/mol. The third-order valence-electron chi connectivity index (χ3n) is 2.33. The first-order valence-electron chi connectivity index (χ1n) is 3.99.